The quantitative estimate of drug-likeness (QED) is 0.0465. The molecule has 0 saturated carbocycles. The van der Waals surface area contributed by atoms with Crippen molar-refractivity contribution >= 4 is 21.0 Å². The fourth-order valence-corrected chi connectivity index (χ4v) is 7.07. The van der Waals surface area contributed by atoms with E-state index in [-0.39, 0.29) is 17.3 Å². The molecular formula is C43H67NO6S. The van der Waals surface area contributed by atoms with E-state index >= 15 is 0 Å². The Morgan fingerprint density at radius 3 is 1.94 bits per heavy atom. The van der Waals surface area contributed by atoms with Gasteiger partial charge in [0.1, 0.15) is 22.8 Å². The topological polar surface area (TPSA) is 88.8 Å². The predicted octanol–water partition coefficient (Wildman–Crippen LogP) is 10.6. The Hall–Kier alpha value is -2.36. The van der Waals surface area contributed by atoms with Gasteiger partial charge >= 0.3 is 0 Å². The summed E-state index contributed by atoms with van der Waals surface area (Å²) in [6.07, 6.45) is 29.1. The van der Waals surface area contributed by atoms with Crippen LogP contribution in [0.3, 0.4) is 0 Å². The number of para-hydroxylation sites is 1. The van der Waals surface area contributed by atoms with Crippen molar-refractivity contribution in [1.29, 1.82) is 0 Å². The van der Waals surface area contributed by atoms with Gasteiger partial charge in [-0.05, 0) is 56.9 Å². The predicted molar refractivity (Wildman–Crippen MR) is 207 cm³/mol. The molecule has 4 rings (SSSR count). The molecule has 286 valence electrons. The molecule has 1 saturated heterocycles. The van der Waals surface area contributed by atoms with Gasteiger partial charge in [-0.15, -0.1) is 0 Å². The highest BCUT2D eigenvalue weighted by Crippen LogP contribution is 2.19. The molecule has 51 heavy (non-hydrogen) atoms. The highest BCUT2D eigenvalue weighted by molar-refractivity contribution is 7.85. The molecule has 1 aromatic heterocycles. The first kappa shape index (κ1) is 43.0. The summed E-state index contributed by atoms with van der Waals surface area (Å²) in [5, 5.41) is 1.31. The number of aromatic nitrogens is 1. The lowest BCUT2D eigenvalue weighted by Crippen LogP contribution is -2.33. The molecule has 2 heterocycles. The highest BCUT2D eigenvalue weighted by atomic mass is 32.2. The molecule has 3 aromatic rings. The van der Waals surface area contributed by atoms with Crippen LogP contribution in [0.15, 0.2) is 71.8 Å². The number of hydrogen-bond donors (Lipinski definition) is 0. The molecule has 8 heteroatoms. The first-order chi connectivity index (χ1) is 24.9. The zero-order valence-corrected chi connectivity index (χ0v) is 32.6. The summed E-state index contributed by atoms with van der Waals surface area (Å²) in [6.45, 7) is 7.37. The maximum Gasteiger partial charge on any atom is 0.212 e. The number of fused-ring (bicyclic) bond motifs is 1. The molecule has 1 aliphatic heterocycles. The number of nitrogens with zero attached hydrogens (tertiary/aromatic N) is 1. The number of ether oxygens (including phenoxy) is 3. The van der Waals surface area contributed by atoms with E-state index in [1.807, 2.05) is 6.92 Å². The summed E-state index contributed by atoms with van der Waals surface area (Å²) in [7, 11) is -4.27. The van der Waals surface area contributed by atoms with Crippen LogP contribution in [0.2, 0.25) is 0 Å². The van der Waals surface area contributed by atoms with Gasteiger partial charge in [0.15, 0.2) is 12.5 Å². The third kappa shape index (κ3) is 19.3. The van der Waals surface area contributed by atoms with E-state index in [0.29, 0.717) is 13.2 Å². The Kier molecular flexibility index (Phi) is 22.3. The monoisotopic (exact) mass is 725 g/mol. The van der Waals surface area contributed by atoms with Gasteiger partial charge in [-0.2, -0.15) is 4.57 Å². The first-order valence-electron chi connectivity index (χ1n) is 20.1. The average molecular weight is 726 g/mol. The van der Waals surface area contributed by atoms with Crippen LogP contribution in [0.4, 0.5) is 0 Å². The zero-order chi connectivity index (χ0) is 36.4. The number of rotatable bonds is 26. The summed E-state index contributed by atoms with van der Waals surface area (Å²) < 4.78 is 51.4. The van der Waals surface area contributed by atoms with E-state index in [1.54, 1.807) is 12.1 Å². The van der Waals surface area contributed by atoms with Gasteiger partial charge in [0.2, 0.25) is 5.52 Å². The largest absolute Gasteiger partial charge is 0.744 e. The second kappa shape index (κ2) is 26.4. The van der Waals surface area contributed by atoms with Crippen LogP contribution in [0.5, 0.6) is 0 Å². The number of unbranched alkanes of at least 4 members (excludes halogenated alkanes) is 17. The molecule has 0 aliphatic carbocycles. The maximum atomic E-state index is 10.4. The van der Waals surface area contributed by atoms with Gasteiger partial charge in [0, 0.05) is 30.5 Å². The van der Waals surface area contributed by atoms with Crippen LogP contribution < -0.4 is 4.57 Å². The first-order valence-corrected chi connectivity index (χ1v) is 21.5. The van der Waals surface area contributed by atoms with Crippen molar-refractivity contribution in [3.63, 3.8) is 0 Å². The van der Waals surface area contributed by atoms with Crippen LogP contribution in [0.1, 0.15) is 141 Å². The lowest BCUT2D eigenvalue weighted by molar-refractivity contribution is -0.671. The van der Waals surface area contributed by atoms with Crippen molar-refractivity contribution in [1.82, 2.24) is 0 Å². The van der Waals surface area contributed by atoms with Crippen LogP contribution in [0, 0.1) is 6.92 Å². The average Bonchev–Trinajstić information content (AvgIpc) is 3.58. The standard InChI is InChI=1S/C36H60NO3.C7H8O3S/c1-2-3-4-5-6-7-8-9-10-11-12-13-14-15-18-27-36-39-32-34(40-36)31-38-30-22-17-16-21-28-37-29-23-25-33-24-19-20-26-35(33)37;1-6-2-4-7(5-3-6)11(8,9)10/h19-20,23-26,29,34,36H,2-18,21-22,27-28,30-32H2,1H3;2-5H,1H3,(H,8,9,10)/q+1;/p-1. The Balaban J connectivity index is 0.000000542. The second-order valence-electron chi connectivity index (χ2n) is 14.3. The van der Waals surface area contributed by atoms with Gasteiger partial charge < -0.3 is 18.8 Å². The zero-order valence-electron chi connectivity index (χ0n) is 31.8. The maximum absolute atomic E-state index is 10.4. The van der Waals surface area contributed by atoms with Gasteiger partial charge in [-0.3, -0.25) is 0 Å². The molecule has 1 aliphatic rings. The van der Waals surface area contributed by atoms with E-state index in [1.165, 1.54) is 139 Å². The minimum absolute atomic E-state index is 0.0119. The molecule has 1 fully saturated rings. The van der Waals surface area contributed by atoms with Crippen LogP contribution in [-0.4, -0.2) is 45.2 Å². The molecule has 0 spiro atoms. The molecule has 2 atom stereocenters. The number of aryl methyl sites for hydroxylation is 2. The van der Waals surface area contributed by atoms with Crippen LogP contribution >= 0.6 is 0 Å². The van der Waals surface area contributed by atoms with Crippen LogP contribution in [-0.2, 0) is 30.9 Å². The third-order valence-corrected chi connectivity index (χ3v) is 10.5. The van der Waals surface area contributed by atoms with E-state index in [2.05, 4.69) is 54.1 Å². The van der Waals surface area contributed by atoms with Crippen molar-refractivity contribution in [2.24, 2.45) is 0 Å². The lowest BCUT2D eigenvalue weighted by atomic mass is 10.0. The van der Waals surface area contributed by atoms with Gasteiger partial charge in [0.25, 0.3) is 0 Å². The Labute approximate surface area is 310 Å². The number of benzene rings is 2. The molecule has 2 aromatic carbocycles. The molecule has 0 amide bonds. The Morgan fingerprint density at radius 2 is 1.29 bits per heavy atom. The number of pyridine rings is 1. The molecular weight excluding hydrogens is 659 g/mol. The third-order valence-electron chi connectivity index (χ3n) is 9.69. The van der Waals surface area contributed by atoms with E-state index < -0.39 is 10.1 Å². The summed E-state index contributed by atoms with van der Waals surface area (Å²) in [6, 6.07) is 18.7. The normalized spacial score (nSPS) is 16.0. The van der Waals surface area contributed by atoms with E-state index in [4.69, 9.17) is 14.2 Å². The molecule has 2 unspecified atom stereocenters. The second-order valence-corrected chi connectivity index (χ2v) is 15.7. The van der Waals surface area contributed by atoms with E-state index in [9.17, 15) is 13.0 Å². The lowest BCUT2D eigenvalue weighted by Gasteiger charge is -2.12. The van der Waals surface area contributed by atoms with E-state index in [0.717, 1.165) is 31.6 Å². The van der Waals surface area contributed by atoms with Crippen molar-refractivity contribution in [2.45, 2.75) is 166 Å². The summed E-state index contributed by atoms with van der Waals surface area (Å²) in [5.41, 5.74) is 2.25. The molecule has 7 nitrogen and oxygen atoms in total. The Bertz CT molecular complexity index is 1410. The number of hydrogen-bond acceptors (Lipinski definition) is 6. The van der Waals surface area contributed by atoms with Gasteiger partial charge in [0.05, 0.1) is 18.1 Å². The van der Waals surface area contributed by atoms with Crippen molar-refractivity contribution in [2.75, 3.05) is 19.8 Å². The van der Waals surface area contributed by atoms with Gasteiger partial charge in [-0.25, -0.2) is 8.42 Å². The summed E-state index contributed by atoms with van der Waals surface area (Å²) in [4.78, 5) is -0.178. The fourth-order valence-electron chi connectivity index (χ4n) is 6.60. The Morgan fingerprint density at radius 1 is 0.725 bits per heavy atom. The van der Waals surface area contributed by atoms with Crippen molar-refractivity contribution in [3.05, 3.63) is 72.4 Å². The van der Waals surface area contributed by atoms with Gasteiger partial charge in [-0.1, -0.05) is 133 Å². The van der Waals surface area contributed by atoms with Crippen LogP contribution in [0.25, 0.3) is 10.9 Å². The molecule has 0 bridgehead atoms. The highest BCUT2D eigenvalue weighted by Gasteiger charge is 2.25. The minimum atomic E-state index is -4.27. The fraction of sp³-hybridized carbons (Fsp3) is 0.651. The SMILES string of the molecule is CCCCCCCCCCCCCCCCCC1OCC(COCCCCCC[n+]2cccc3ccccc32)O1.Cc1ccc(S(=O)(=O)[O-])cc1. The minimum Gasteiger partial charge on any atom is -0.744 e. The smallest absolute Gasteiger partial charge is 0.212 e. The van der Waals surface area contributed by atoms with Crippen molar-refractivity contribution < 1.29 is 31.7 Å². The molecule has 0 radical (unpaired) electrons. The molecule has 0 N–H and O–H groups in total. The van der Waals surface area contributed by atoms with Crippen molar-refractivity contribution in [3.8, 4) is 0 Å². The summed E-state index contributed by atoms with van der Waals surface area (Å²) in [5.74, 6) is 0. The summed E-state index contributed by atoms with van der Waals surface area (Å²) >= 11 is 0.